The molecule has 1 aromatic carbocycles. The van der Waals surface area contributed by atoms with E-state index in [1.807, 2.05) is 17.0 Å². The van der Waals surface area contributed by atoms with Crippen LogP contribution in [0.15, 0.2) is 30.9 Å². The van der Waals surface area contributed by atoms with Gasteiger partial charge in [0.05, 0.1) is 6.61 Å². The Labute approximate surface area is 154 Å². The summed E-state index contributed by atoms with van der Waals surface area (Å²) in [7, 11) is -1.78. The molecule has 0 aromatic heterocycles. The lowest BCUT2D eigenvalue weighted by atomic mass is 9.77. The molecule has 1 amide bonds. The highest BCUT2D eigenvalue weighted by molar-refractivity contribution is 6.74. The third-order valence-corrected chi connectivity index (χ3v) is 10.2. The predicted molar refractivity (Wildman–Crippen MR) is 108 cm³/mol. The van der Waals surface area contributed by atoms with Gasteiger partial charge in [0.15, 0.2) is 8.32 Å². The van der Waals surface area contributed by atoms with Gasteiger partial charge in [0.1, 0.15) is 0 Å². The van der Waals surface area contributed by atoms with Crippen LogP contribution in [0.2, 0.25) is 18.1 Å². The Balaban J connectivity index is 2.27. The molecule has 3 nitrogen and oxygen atoms in total. The van der Waals surface area contributed by atoms with Gasteiger partial charge in [-0.3, -0.25) is 4.79 Å². The first kappa shape index (κ1) is 19.9. The van der Waals surface area contributed by atoms with E-state index in [0.29, 0.717) is 13.2 Å². The number of amides is 1. The molecule has 0 atom stereocenters. The van der Waals surface area contributed by atoms with Gasteiger partial charge < -0.3 is 9.33 Å². The average molecular weight is 360 g/mol. The maximum Gasteiger partial charge on any atom is 0.254 e. The molecule has 2 rings (SSSR count). The first-order valence-corrected chi connectivity index (χ1v) is 12.0. The van der Waals surface area contributed by atoms with Crippen LogP contribution in [0.3, 0.4) is 0 Å². The van der Waals surface area contributed by atoms with E-state index in [1.165, 1.54) is 0 Å². The van der Waals surface area contributed by atoms with Crippen LogP contribution >= 0.6 is 0 Å². The summed E-state index contributed by atoms with van der Waals surface area (Å²) in [6, 6.07) is 6.18. The fourth-order valence-corrected chi connectivity index (χ4v) is 3.98. The van der Waals surface area contributed by atoms with Gasteiger partial charge in [-0.05, 0) is 35.3 Å². The zero-order chi connectivity index (χ0) is 19.0. The Hall–Kier alpha value is -1.39. The first-order valence-electron chi connectivity index (χ1n) is 9.06. The third-order valence-electron chi connectivity index (χ3n) is 5.67. The number of hydrogen-bond acceptors (Lipinski definition) is 2. The van der Waals surface area contributed by atoms with Gasteiger partial charge in [-0.2, -0.15) is 0 Å². The lowest BCUT2D eigenvalue weighted by Gasteiger charge is -2.39. The summed E-state index contributed by atoms with van der Waals surface area (Å²) in [6.45, 7) is 21.4. The van der Waals surface area contributed by atoms with E-state index in [2.05, 4.69) is 60.4 Å². The van der Waals surface area contributed by atoms with Gasteiger partial charge in [-0.1, -0.05) is 52.8 Å². The molecule has 1 heterocycles. The molecule has 0 fully saturated rings. The molecule has 138 valence electrons. The van der Waals surface area contributed by atoms with Gasteiger partial charge in [-0.25, -0.2) is 0 Å². The van der Waals surface area contributed by atoms with E-state index >= 15 is 0 Å². The predicted octanol–water partition coefficient (Wildman–Crippen LogP) is 5.13. The van der Waals surface area contributed by atoms with Crippen molar-refractivity contribution in [1.29, 1.82) is 0 Å². The van der Waals surface area contributed by atoms with E-state index < -0.39 is 8.32 Å². The minimum Gasteiger partial charge on any atom is -0.413 e. The van der Waals surface area contributed by atoms with Crippen LogP contribution in [-0.2, 0) is 16.4 Å². The molecule has 0 bridgehead atoms. The van der Waals surface area contributed by atoms with Gasteiger partial charge in [-0.15, -0.1) is 6.58 Å². The topological polar surface area (TPSA) is 29.5 Å². The van der Waals surface area contributed by atoms with Crippen molar-refractivity contribution in [1.82, 2.24) is 4.90 Å². The van der Waals surface area contributed by atoms with Gasteiger partial charge >= 0.3 is 0 Å². The molecule has 0 N–H and O–H groups in total. The standard InChI is InChI=1S/C21H33NO2Si/c1-9-12-22-15-21(5,6)18-13-16(10-11-17(18)19(22)23)14-24-25(7,8)20(2,3)4/h9-11,13H,1,12,14-15H2,2-8H3. The molecule has 25 heavy (non-hydrogen) atoms. The Morgan fingerprint density at radius 3 is 2.52 bits per heavy atom. The molecule has 0 saturated carbocycles. The number of nitrogens with zero attached hydrogens (tertiary/aromatic N) is 1. The van der Waals surface area contributed by atoms with Crippen LogP contribution in [0, 0.1) is 0 Å². The highest BCUT2D eigenvalue weighted by Crippen LogP contribution is 2.38. The quantitative estimate of drug-likeness (QED) is 0.539. The monoisotopic (exact) mass is 359 g/mol. The van der Waals surface area contributed by atoms with Crippen molar-refractivity contribution in [3.05, 3.63) is 47.5 Å². The second-order valence-corrected chi connectivity index (χ2v) is 14.1. The van der Waals surface area contributed by atoms with Crippen LogP contribution < -0.4 is 0 Å². The van der Waals surface area contributed by atoms with Crippen LogP contribution in [0.4, 0.5) is 0 Å². The lowest BCUT2D eigenvalue weighted by molar-refractivity contribution is 0.0711. The summed E-state index contributed by atoms with van der Waals surface area (Å²) in [4.78, 5) is 14.6. The maximum absolute atomic E-state index is 12.7. The number of rotatable bonds is 5. The van der Waals surface area contributed by atoms with Crippen LogP contribution in [-0.4, -0.2) is 32.2 Å². The molecule has 1 aliphatic rings. The van der Waals surface area contributed by atoms with Crippen molar-refractivity contribution in [2.24, 2.45) is 0 Å². The Morgan fingerprint density at radius 2 is 1.96 bits per heavy atom. The second kappa shape index (κ2) is 6.73. The van der Waals surface area contributed by atoms with E-state index in [9.17, 15) is 4.79 Å². The van der Waals surface area contributed by atoms with Crippen molar-refractivity contribution >= 4 is 14.2 Å². The molecule has 0 radical (unpaired) electrons. The summed E-state index contributed by atoms with van der Waals surface area (Å²) in [5.41, 5.74) is 3.03. The summed E-state index contributed by atoms with van der Waals surface area (Å²) in [5, 5.41) is 0.196. The van der Waals surface area contributed by atoms with Gasteiger partial charge in [0.25, 0.3) is 5.91 Å². The SMILES string of the molecule is C=CCN1CC(C)(C)c2cc(CO[Si](C)(C)C(C)(C)C)ccc2C1=O. The summed E-state index contributed by atoms with van der Waals surface area (Å²) < 4.78 is 6.36. The second-order valence-electron chi connectivity index (χ2n) is 9.29. The maximum atomic E-state index is 12.7. The third kappa shape index (κ3) is 4.06. The van der Waals surface area contributed by atoms with Gasteiger partial charge in [0.2, 0.25) is 0 Å². The molecule has 0 saturated heterocycles. The fourth-order valence-electron chi connectivity index (χ4n) is 3.02. The number of benzene rings is 1. The Kier molecular flexibility index (Phi) is 5.36. The first-order chi connectivity index (χ1) is 11.4. The van der Waals surface area contributed by atoms with E-state index in [-0.39, 0.29) is 16.4 Å². The highest BCUT2D eigenvalue weighted by Gasteiger charge is 2.38. The zero-order valence-electron chi connectivity index (χ0n) is 16.9. The lowest BCUT2D eigenvalue weighted by Crippen LogP contribution is -2.46. The Bertz CT molecular complexity index is 671. The molecule has 1 aliphatic heterocycles. The van der Waals surface area contributed by atoms with Gasteiger partial charge in [0, 0.05) is 24.1 Å². The number of carbonyl (C=O) groups excluding carboxylic acids is 1. The minimum atomic E-state index is -1.78. The zero-order valence-corrected chi connectivity index (χ0v) is 17.9. The molecule has 1 aromatic rings. The fraction of sp³-hybridized carbons (Fsp3) is 0.571. The molecular weight excluding hydrogens is 326 g/mol. The number of carbonyl (C=O) groups is 1. The molecule has 4 heteroatoms. The van der Waals surface area contributed by atoms with E-state index in [0.717, 1.165) is 23.2 Å². The summed E-state index contributed by atoms with van der Waals surface area (Å²) in [6.07, 6.45) is 1.79. The highest BCUT2D eigenvalue weighted by atomic mass is 28.4. The Morgan fingerprint density at radius 1 is 1.32 bits per heavy atom. The minimum absolute atomic E-state index is 0.0702. The van der Waals surface area contributed by atoms with E-state index in [1.54, 1.807) is 6.08 Å². The van der Waals surface area contributed by atoms with Crippen LogP contribution in [0.25, 0.3) is 0 Å². The smallest absolute Gasteiger partial charge is 0.254 e. The number of hydrogen-bond donors (Lipinski definition) is 0. The molecule has 0 unspecified atom stereocenters. The van der Waals surface area contributed by atoms with Crippen molar-refractivity contribution in [3.8, 4) is 0 Å². The largest absolute Gasteiger partial charge is 0.413 e. The average Bonchev–Trinajstić information content (AvgIpc) is 2.49. The molecular formula is C21H33NO2Si. The van der Waals surface area contributed by atoms with Crippen molar-refractivity contribution in [3.63, 3.8) is 0 Å². The van der Waals surface area contributed by atoms with Crippen molar-refractivity contribution < 1.29 is 9.22 Å². The number of fused-ring (bicyclic) bond motifs is 1. The van der Waals surface area contributed by atoms with Crippen molar-refractivity contribution in [2.75, 3.05) is 13.1 Å². The van der Waals surface area contributed by atoms with Crippen LogP contribution in [0.5, 0.6) is 0 Å². The van der Waals surface area contributed by atoms with Crippen molar-refractivity contribution in [2.45, 2.75) is 64.8 Å². The summed E-state index contributed by atoms with van der Waals surface area (Å²) in [5.74, 6) is 0.103. The van der Waals surface area contributed by atoms with E-state index in [4.69, 9.17) is 4.43 Å². The molecule has 0 spiro atoms. The molecule has 0 aliphatic carbocycles. The normalized spacial score (nSPS) is 17.4. The van der Waals surface area contributed by atoms with Crippen LogP contribution in [0.1, 0.15) is 56.1 Å². The summed E-state index contributed by atoms with van der Waals surface area (Å²) >= 11 is 0.